The molecule has 0 radical (unpaired) electrons. The molecule has 0 saturated heterocycles. The number of carbonyl (C=O) groups excluding carboxylic acids is 2. The Hall–Kier alpha value is -1.82. The second-order valence-corrected chi connectivity index (χ2v) is 5.66. The van der Waals surface area contributed by atoms with E-state index < -0.39 is 0 Å². The van der Waals surface area contributed by atoms with Crippen molar-refractivity contribution in [2.75, 3.05) is 12.4 Å². The fourth-order valence-electron chi connectivity index (χ4n) is 1.86. The van der Waals surface area contributed by atoms with Gasteiger partial charge >= 0.3 is 5.97 Å². The van der Waals surface area contributed by atoms with Crippen molar-refractivity contribution in [3.05, 3.63) is 23.8 Å². The van der Waals surface area contributed by atoms with Crippen LogP contribution in [0.3, 0.4) is 0 Å². The van der Waals surface area contributed by atoms with Gasteiger partial charge in [-0.25, -0.2) is 4.98 Å². The first-order valence-electron chi connectivity index (χ1n) is 6.85. The summed E-state index contributed by atoms with van der Waals surface area (Å²) in [5.41, 5.74) is 3.02. The molecule has 0 aliphatic carbocycles. The highest BCUT2D eigenvalue weighted by Gasteiger charge is 2.10. The van der Waals surface area contributed by atoms with Crippen LogP contribution in [0.1, 0.15) is 25.3 Å². The highest BCUT2D eigenvalue weighted by molar-refractivity contribution is 7.99. The molecule has 0 fully saturated rings. The van der Waals surface area contributed by atoms with Gasteiger partial charge in [-0.2, -0.15) is 0 Å². The molecule has 0 amide bonds. The number of esters is 1. The van der Waals surface area contributed by atoms with Crippen molar-refractivity contribution < 1.29 is 14.3 Å². The molecule has 21 heavy (non-hydrogen) atoms. The summed E-state index contributed by atoms with van der Waals surface area (Å²) < 4.78 is 4.79. The number of fused-ring (bicyclic) bond motifs is 1. The van der Waals surface area contributed by atoms with E-state index in [0.29, 0.717) is 12.4 Å². The van der Waals surface area contributed by atoms with Crippen molar-refractivity contribution >= 4 is 34.5 Å². The Labute approximate surface area is 127 Å². The highest BCUT2D eigenvalue weighted by atomic mass is 32.2. The van der Waals surface area contributed by atoms with Crippen molar-refractivity contribution in [3.8, 4) is 0 Å². The molecule has 0 atom stereocenters. The lowest BCUT2D eigenvalue weighted by Crippen LogP contribution is -2.09. The number of H-pyrrole nitrogens is 1. The van der Waals surface area contributed by atoms with E-state index in [-0.39, 0.29) is 24.6 Å². The third kappa shape index (κ3) is 4.60. The number of carbonyl (C=O) groups is 2. The van der Waals surface area contributed by atoms with Gasteiger partial charge in [0.25, 0.3) is 0 Å². The van der Waals surface area contributed by atoms with Crippen LogP contribution >= 0.6 is 11.8 Å². The summed E-state index contributed by atoms with van der Waals surface area (Å²) in [5, 5.41) is 0.722. The molecule has 1 N–H and O–H groups in total. The molecular weight excluding hydrogens is 288 g/mol. The number of hydrogen-bond donors (Lipinski definition) is 1. The molecule has 2 rings (SSSR count). The number of aryl methyl sites for hydroxylation is 1. The molecule has 1 aromatic heterocycles. The van der Waals surface area contributed by atoms with Crippen molar-refractivity contribution in [2.24, 2.45) is 0 Å². The predicted molar refractivity (Wildman–Crippen MR) is 82.4 cm³/mol. The number of aromatic nitrogens is 2. The van der Waals surface area contributed by atoms with Crippen LogP contribution in [0, 0.1) is 6.92 Å². The summed E-state index contributed by atoms with van der Waals surface area (Å²) >= 11 is 1.36. The number of hydrogen-bond acceptors (Lipinski definition) is 5. The lowest BCUT2D eigenvalue weighted by Gasteiger charge is -2.00. The van der Waals surface area contributed by atoms with Crippen LogP contribution < -0.4 is 0 Å². The van der Waals surface area contributed by atoms with Crippen molar-refractivity contribution in [1.82, 2.24) is 9.97 Å². The molecular formula is C15H18N2O3S. The maximum atomic E-state index is 11.7. The van der Waals surface area contributed by atoms with Crippen LogP contribution in [0.4, 0.5) is 0 Å². The van der Waals surface area contributed by atoms with Crippen LogP contribution in [0.2, 0.25) is 0 Å². The second-order valence-electron chi connectivity index (χ2n) is 4.69. The first-order valence-corrected chi connectivity index (χ1v) is 7.83. The fourth-order valence-corrected chi connectivity index (χ4v) is 2.65. The second kappa shape index (κ2) is 7.26. The van der Waals surface area contributed by atoms with Gasteiger partial charge in [-0.05, 0) is 31.5 Å². The fraction of sp³-hybridized carbons (Fsp3) is 0.400. The van der Waals surface area contributed by atoms with Crippen LogP contribution in [-0.2, 0) is 14.3 Å². The van der Waals surface area contributed by atoms with E-state index in [1.165, 1.54) is 11.8 Å². The van der Waals surface area contributed by atoms with E-state index in [4.69, 9.17) is 4.74 Å². The lowest BCUT2D eigenvalue weighted by molar-refractivity contribution is -0.144. The standard InChI is InChI=1S/C15H18N2O3S/c1-3-20-14(19)7-5-11(18)9-21-15-16-12-6-4-10(2)8-13(12)17-15/h4,6,8H,3,5,7,9H2,1-2H3,(H,16,17). The average molecular weight is 306 g/mol. The largest absolute Gasteiger partial charge is 0.466 e. The van der Waals surface area contributed by atoms with E-state index in [2.05, 4.69) is 9.97 Å². The Morgan fingerprint density at radius 2 is 2.14 bits per heavy atom. The average Bonchev–Trinajstić information content (AvgIpc) is 2.85. The van der Waals surface area contributed by atoms with Gasteiger partial charge in [0.05, 0.1) is 29.8 Å². The van der Waals surface area contributed by atoms with Crippen LogP contribution in [0.25, 0.3) is 11.0 Å². The van der Waals surface area contributed by atoms with Crippen LogP contribution in [-0.4, -0.2) is 34.1 Å². The number of imidazole rings is 1. The summed E-state index contributed by atoms with van der Waals surface area (Å²) in [5.74, 6) is -0.00201. The Balaban J connectivity index is 1.84. The van der Waals surface area contributed by atoms with Crippen molar-refractivity contribution in [3.63, 3.8) is 0 Å². The summed E-state index contributed by atoms with van der Waals surface area (Å²) in [6.45, 7) is 4.12. The number of Topliss-reactive ketones (excluding diaryl/α,β-unsaturated/α-hetero) is 1. The Morgan fingerprint density at radius 1 is 1.33 bits per heavy atom. The molecule has 1 aromatic carbocycles. The summed E-state index contributed by atoms with van der Waals surface area (Å²) in [6.07, 6.45) is 0.359. The maximum absolute atomic E-state index is 11.7. The zero-order valence-corrected chi connectivity index (χ0v) is 13.0. The molecule has 112 valence electrons. The molecule has 0 unspecified atom stereocenters. The van der Waals surface area contributed by atoms with Crippen molar-refractivity contribution in [2.45, 2.75) is 31.8 Å². The molecule has 0 bridgehead atoms. The molecule has 0 spiro atoms. The van der Waals surface area contributed by atoms with Crippen LogP contribution in [0.5, 0.6) is 0 Å². The lowest BCUT2D eigenvalue weighted by atomic mass is 10.2. The topological polar surface area (TPSA) is 72.1 Å². The number of rotatable bonds is 7. The molecule has 6 heteroatoms. The van der Waals surface area contributed by atoms with Gasteiger partial charge in [-0.3, -0.25) is 9.59 Å². The Kier molecular flexibility index (Phi) is 5.38. The zero-order chi connectivity index (χ0) is 15.2. The number of nitrogens with zero attached hydrogens (tertiary/aromatic N) is 1. The molecule has 2 aromatic rings. The smallest absolute Gasteiger partial charge is 0.306 e. The normalized spacial score (nSPS) is 10.8. The van der Waals surface area contributed by atoms with E-state index in [1.807, 2.05) is 25.1 Å². The van der Waals surface area contributed by atoms with Crippen LogP contribution in [0.15, 0.2) is 23.4 Å². The maximum Gasteiger partial charge on any atom is 0.306 e. The monoisotopic (exact) mass is 306 g/mol. The van der Waals surface area contributed by atoms with E-state index in [1.54, 1.807) is 6.92 Å². The third-order valence-corrected chi connectivity index (χ3v) is 3.83. The molecule has 5 nitrogen and oxygen atoms in total. The predicted octanol–water partition coefficient (Wildman–Crippen LogP) is 2.88. The number of benzene rings is 1. The molecule has 0 aliphatic rings. The van der Waals surface area contributed by atoms with Gasteiger partial charge in [0.2, 0.25) is 0 Å². The number of ether oxygens (including phenoxy) is 1. The first kappa shape index (κ1) is 15.6. The van der Waals surface area contributed by atoms with Gasteiger partial charge < -0.3 is 9.72 Å². The van der Waals surface area contributed by atoms with E-state index in [9.17, 15) is 9.59 Å². The van der Waals surface area contributed by atoms with E-state index >= 15 is 0 Å². The highest BCUT2D eigenvalue weighted by Crippen LogP contribution is 2.20. The minimum Gasteiger partial charge on any atom is -0.466 e. The third-order valence-electron chi connectivity index (χ3n) is 2.90. The Morgan fingerprint density at radius 3 is 2.90 bits per heavy atom. The van der Waals surface area contributed by atoms with Gasteiger partial charge in [-0.1, -0.05) is 17.8 Å². The molecule has 1 heterocycles. The number of thioether (sulfide) groups is 1. The molecule has 0 saturated carbocycles. The quantitative estimate of drug-likeness (QED) is 0.629. The van der Waals surface area contributed by atoms with Gasteiger partial charge in [0, 0.05) is 6.42 Å². The number of ketones is 1. The summed E-state index contributed by atoms with van der Waals surface area (Å²) in [4.78, 5) is 30.5. The SMILES string of the molecule is CCOC(=O)CCC(=O)CSc1nc2ccc(C)cc2[nH]1. The number of aromatic amines is 1. The zero-order valence-electron chi connectivity index (χ0n) is 12.1. The minimum absolute atomic E-state index is 0.0182. The molecule has 0 aliphatic heterocycles. The van der Waals surface area contributed by atoms with Gasteiger partial charge in [-0.15, -0.1) is 0 Å². The minimum atomic E-state index is -0.324. The van der Waals surface area contributed by atoms with E-state index in [0.717, 1.165) is 21.8 Å². The Bertz CT molecular complexity index is 651. The van der Waals surface area contributed by atoms with Gasteiger partial charge in [0.15, 0.2) is 5.16 Å². The summed E-state index contributed by atoms with van der Waals surface area (Å²) in [6, 6.07) is 5.98. The summed E-state index contributed by atoms with van der Waals surface area (Å²) in [7, 11) is 0. The van der Waals surface area contributed by atoms with Crippen molar-refractivity contribution in [1.29, 1.82) is 0 Å². The number of nitrogens with one attached hydrogen (secondary N) is 1. The first-order chi connectivity index (χ1) is 10.1. The van der Waals surface area contributed by atoms with Gasteiger partial charge in [0.1, 0.15) is 5.78 Å².